The molecule has 3 nitrogen and oxygen atoms in total. The largest absolute Gasteiger partial charge is 0.311 e. The number of halogens is 2. The number of benzene rings is 1. The predicted molar refractivity (Wildman–Crippen MR) is 87.3 cm³/mol. The minimum absolute atomic E-state index is 0.161. The van der Waals surface area contributed by atoms with Crippen molar-refractivity contribution in [1.82, 2.24) is 15.1 Å². The summed E-state index contributed by atoms with van der Waals surface area (Å²) < 4.78 is 3.07. The molecule has 0 aliphatic carbocycles. The summed E-state index contributed by atoms with van der Waals surface area (Å²) in [6.07, 6.45) is 2.68. The highest BCUT2D eigenvalue weighted by molar-refractivity contribution is 9.10. The molecule has 0 spiro atoms. The first-order chi connectivity index (χ1) is 9.54. The number of hydrogen-bond donors (Lipinski definition) is 1. The molecule has 1 N–H and O–H groups in total. The number of likely N-dealkylation sites (N-methyl/N-ethyl adjacent to an activating group) is 1. The molecule has 1 atom stereocenters. The van der Waals surface area contributed by atoms with E-state index in [2.05, 4.69) is 46.3 Å². The Morgan fingerprint density at radius 1 is 1.35 bits per heavy atom. The molecule has 0 aliphatic heterocycles. The molecule has 108 valence electrons. The molecule has 2 aromatic rings. The first-order valence-electron chi connectivity index (χ1n) is 6.68. The topological polar surface area (TPSA) is 29.9 Å². The molecular formula is C15H19BrClN3. The van der Waals surface area contributed by atoms with Gasteiger partial charge >= 0.3 is 0 Å². The van der Waals surface area contributed by atoms with Gasteiger partial charge in [0, 0.05) is 11.1 Å². The molecular weight excluding hydrogens is 338 g/mol. The van der Waals surface area contributed by atoms with Crippen LogP contribution in [0.2, 0.25) is 5.02 Å². The van der Waals surface area contributed by atoms with Crippen molar-refractivity contribution in [2.24, 2.45) is 0 Å². The lowest BCUT2D eigenvalue weighted by molar-refractivity contribution is 0.458. The van der Waals surface area contributed by atoms with Gasteiger partial charge in [-0.2, -0.15) is 5.10 Å². The van der Waals surface area contributed by atoms with Gasteiger partial charge in [-0.05, 0) is 54.9 Å². The molecule has 0 amide bonds. The first-order valence-corrected chi connectivity index (χ1v) is 7.85. The van der Waals surface area contributed by atoms with Gasteiger partial charge < -0.3 is 5.32 Å². The van der Waals surface area contributed by atoms with Crippen LogP contribution in [-0.4, -0.2) is 16.8 Å². The normalized spacial score (nSPS) is 12.9. The van der Waals surface area contributed by atoms with Crippen molar-refractivity contribution < 1.29 is 0 Å². The lowest BCUT2D eigenvalue weighted by Gasteiger charge is -2.21. The third kappa shape index (κ3) is 3.25. The summed E-state index contributed by atoms with van der Waals surface area (Å²) in [5, 5.41) is 8.62. The Bertz CT molecular complexity index is 580. The van der Waals surface area contributed by atoms with Crippen LogP contribution in [-0.2, 0) is 6.42 Å². The summed E-state index contributed by atoms with van der Waals surface area (Å²) in [5.74, 6) is 0. The standard InChI is InChI=1S/C15H19BrClN3/c1-10(2)20-15(12(16)9-19-20)14(18-3)8-11-6-4-5-7-13(11)17/h4-7,9-10,14,18H,8H2,1-3H3. The summed E-state index contributed by atoms with van der Waals surface area (Å²) in [7, 11) is 1.96. The highest BCUT2D eigenvalue weighted by Crippen LogP contribution is 2.29. The zero-order valence-corrected chi connectivity index (χ0v) is 14.2. The second kappa shape index (κ2) is 6.74. The van der Waals surface area contributed by atoms with Crippen LogP contribution in [0.25, 0.3) is 0 Å². The van der Waals surface area contributed by atoms with Crippen LogP contribution in [0.4, 0.5) is 0 Å². The van der Waals surface area contributed by atoms with Gasteiger partial charge in [-0.25, -0.2) is 0 Å². The maximum Gasteiger partial charge on any atom is 0.0702 e. The molecule has 1 unspecified atom stereocenters. The first kappa shape index (κ1) is 15.5. The Kier molecular flexibility index (Phi) is 5.24. The van der Waals surface area contributed by atoms with E-state index < -0.39 is 0 Å². The third-order valence-corrected chi connectivity index (χ3v) is 4.32. The van der Waals surface area contributed by atoms with Crippen molar-refractivity contribution in [1.29, 1.82) is 0 Å². The average Bonchev–Trinajstić information content (AvgIpc) is 2.80. The maximum absolute atomic E-state index is 6.27. The van der Waals surface area contributed by atoms with E-state index in [-0.39, 0.29) is 6.04 Å². The van der Waals surface area contributed by atoms with E-state index in [4.69, 9.17) is 11.6 Å². The van der Waals surface area contributed by atoms with Crippen molar-refractivity contribution >= 4 is 27.5 Å². The number of aromatic nitrogens is 2. The van der Waals surface area contributed by atoms with Gasteiger partial charge in [0.1, 0.15) is 0 Å². The maximum atomic E-state index is 6.27. The molecule has 1 aromatic carbocycles. The van der Waals surface area contributed by atoms with Crippen LogP contribution < -0.4 is 5.32 Å². The van der Waals surface area contributed by atoms with Crippen molar-refractivity contribution in [3.05, 3.63) is 51.2 Å². The number of rotatable bonds is 5. The lowest BCUT2D eigenvalue weighted by atomic mass is 10.0. The summed E-state index contributed by atoms with van der Waals surface area (Å²) >= 11 is 9.87. The Morgan fingerprint density at radius 3 is 2.65 bits per heavy atom. The van der Waals surface area contributed by atoms with E-state index in [1.54, 1.807) is 0 Å². The van der Waals surface area contributed by atoms with Gasteiger partial charge in [0.2, 0.25) is 0 Å². The Hall–Kier alpha value is -0.840. The van der Waals surface area contributed by atoms with E-state index >= 15 is 0 Å². The monoisotopic (exact) mass is 355 g/mol. The van der Waals surface area contributed by atoms with Gasteiger partial charge in [-0.3, -0.25) is 4.68 Å². The molecule has 2 rings (SSSR count). The SMILES string of the molecule is CNC(Cc1ccccc1Cl)c1c(Br)cnn1C(C)C. The molecule has 20 heavy (non-hydrogen) atoms. The quantitative estimate of drug-likeness (QED) is 0.861. The molecule has 0 fully saturated rings. The van der Waals surface area contributed by atoms with Crippen LogP contribution in [0.1, 0.15) is 37.2 Å². The van der Waals surface area contributed by atoms with Crippen LogP contribution in [0.5, 0.6) is 0 Å². The fourth-order valence-electron chi connectivity index (χ4n) is 2.31. The predicted octanol–water partition coefficient (Wildman–Crippen LogP) is 4.38. The fourth-order valence-corrected chi connectivity index (χ4v) is 3.07. The van der Waals surface area contributed by atoms with Gasteiger partial charge in [-0.1, -0.05) is 29.8 Å². The van der Waals surface area contributed by atoms with Crippen molar-refractivity contribution in [3.8, 4) is 0 Å². The van der Waals surface area contributed by atoms with E-state index in [0.29, 0.717) is 6.04 Å². The zero-order chi connectivity index (χ0) is 14.7. The number of nitrogens with zero attached hydrogens (tertiary/aromatic N) is 2. The van der Waals surface area contributed by atoms with E-state index in [1.165, 1.54) is 0 Å². The van der Waals surface area contributed by atoms with Crippen molar-refractivity contribution in [3.63, 3.8) is 0 Å². The summed E-state index contributed by atoms with van der Waals surface area (Å²) in [5.41, 5.74) is 2.29. The smallest absolute Gasteiger partial charge is 0.0702 e. The van der Waals surface area contributed by atoms with Gasteiger partial charge in [0.25, 0.3) is 0 Å². The molecule has 1 aromatic heterocycles. The highest BCUT2D eigenvalue weighted by atomic mass is 79.9. The molecule has 0 saturated heterocycles. The second-order valence-electron chi connectivity index (χ2n) is 5.05. The molecule has 5 heteroatoms. The van der Waals surface area contributed by atoms with Gasteiger partial charge in [-0.15, -0.1) is 0 Å². The summed E-state index contributed by atoms with van der Waals surface area (Å²) in [6.45, 7) is 4.26. The fraction of sp³-hybridized carbons (Fsp3) is 0.400. The molecule has 0 radical (unpaired) electrons. The summed E-state index contributed by atoms with van der Waals surface area (Å²) in [6, 6.07) is 8.44. The van der Waals surface area contributed by atoms with Crippen LogP contribution in [0.15, 0.2) is 34.9 Å². The highest BCUT2D eigenvalue weighted by Gasteiger charge is 2.21. The second-order valence-corrected chi connectivity index (χ2v) is 6.31. The minimum atomic E-state index is 0.161. The van der Waals surface area contributed by atoms with Crippen molar-refractivity contribution in [2.45, 2.75) is 32.4 Å². The van der Waals surface area contributed by atoms with Crippen LogP contribution in [0.3, 0.4) is 0 Å². The van der Waals surface area contributed by atoms with Crippen LogP contribution in [0, 0.1) is 0 Å². The van der Waals surface area contributed by atoms with E-state index in [9.17, 15) is 0 Å². The van der Waals surface area contributed by atoms with Crippen LogP contribution >= 0.6 is 27.5 Å². The minimum Gasteiger partial charge on any atom is -0.311 e. The lowest BCUT2D eigenvalue weighted by Crippen LogP contribution is -2.24. The third-order valence-electron chi connectivity index (χ3n) is 3.34. The molecule has 0 aliphatic rings. The molecule has 0 bridgehead atoms. The Morgan fingerprint density at radius 2 is 2.05 bits per heavy atom. The Balaban J connectivity index is 2.34. The number of hydrogen-bond acceptors (Lipinski definition) is 2. The van der Waals surface area contributed by atoms with Gasteiger partial charge in [0.15, 0.2) is 0 Å². The number of nitrogens with one attached hydrogen (secondary N) is 1. The van der Waals surface area contributed by atoms with Gasteiger partial charge in [0.05, 0.1) is 22.4 Å². The van der Waals surface area contributed by atoms with E-state index in [1.807, 2.05) is 36.1 Å². The zero-order valence-electron chi connectivity index (χ0n) is 11.9. The van der Waals surface area contributed by atoms with Crippen molar-refractivity contribution in [2.75, 3.05) is 7.05 Å². The van der Waals surface area contributed by atoms with E-state index in [0.717, 1.165) is 27.2 Å². The average molecular weight is 357 g/mol. The molecule has 1 heterocycles. The molecule has 0 saturated carbocycles. The summed E-state index contributed by atoms with van der Waals surface area (Å²) in [4.78, 5) is 0. The Labute approximate surface area is 133 Å².